The minimum Gasteiger partial charge on any atom is -0.310 e. The van der Waals surface area contributed by atoms with Crippen LogP contribution < -0.4 is 5.32 Å². The molecule has 100 valence electrons. The summed E-state index contributed by atoms with van der Waals surface area (Å²) in [5, 5.41) is 3.64. The highest BCUT2D eigenvalue weighted by molar-refractivity contribution is 5.24. The van der Waals surface area contributed by atoms with E-state index in [2.05, 4.69) is 43.4 Å². The van der Waals surface area contributed by atoms with E-state index in [0.29, 0.717) is 6.04 Å². The van der Waals surface area contributed by atoms with E-state index in [0.717, 1.165) is 12.5 Å². The van der Waals surface area contributed by atoms with Gasteiger partial charge in [0, 0.05) is 6.04 Å². The summed E-state index contributed by atoms with van der Waals surface area (Å²) in [6, 6.07) is 9.59. The number of rotatable bonds is 6. The van der Waals surface area contributed by atoms with Gasteiger partial charge in [-0.3, -0.25) is 0 Å². The van der Waals surface area contributed by atoms with E-state index in [4.69, 9.17) is 0 Å². The van der Waals surface area contributed by atoms with Gasteiger partial charge in [-0.2, -0.15) is 0 Å². The Labute approximate surface area is 112 Å². The van der Waals surface area contributed by atoms with Gasteiger partial charge in [-0.15, -0.1) is 0 Å². The van der Waals surface area contributed by atoms with Crippen LogP contribution in [0.5, 0.6) is 0 Å². The summed E-state index contributed by atoms with van der Waals surface area (Å²) >= 11 is 0. The van der Waals surface area contributed by atoms with E-state index in [1.807, 2.05) is 0 Å². The van der Waals surface area contributed by atoms with E-state index >= 15 is 0 Å². The van der Waals surface area contributed by atoms with Gasteiger partial charge in [-0.05, 0) is 37.8 Å². The SMILES string of the molecule is CCNC(CCC1CCCC1)c1ccc(C)cc1. The molecule has 1 heteroatoms. The first kappa shape index (κ1) is 13.6. The van der Waals surface area contributed by atoms with Crippen LogP contribution in [-0.2, 0) is 0 Å². The lowest BCUT2D eigenvalue weighted by Gasteiger charge is -2.20. The predicted molar refractivity (Wildman–Crippen MR) is 78.8 cm³/mol. The number of hydrogen-bond acceptors (Lipinski definition) is 1. The number of hydrogen-bond donors (Lipinski definition) is 1. The Bertz CT molecular complexity index is 335. The van der Waals surface area contributed by atoms with Crippen molar-refractivity contribution in [1.29, 1.82) is 0 Å². The van der Waals surface area contributed by atoms with Crippen molar-refractivity contribution in [2.24, 2.45) is 5.92 Å². The second-order valence-electron chi connectivity index (χ2n) is 5.75. The zero-order chi connectivity index (χ0) is 12.8. The standard InChI is InChI=1S/C17H27N/c1-3-18-17(13-10-15-6-4-5-7-15)16-11-8-14(2)9-12-16/h8-9,11-12,15,17-18H,3-7,10,13H2,1-2H3. The maximum atomic E-state index is 3.64. The van der Waals surface area contributed by atoms with Crippen molar-refractivity contribution in [1.82, 2.24) is 5.32 Å². The lowest BCUT2D eigenvalue weighted by Crippen LogP contribution is -2.21. The monoisotopic (exact) mass is 245 g/mol. The number of aryl methyl sites for hydroxylation is 1. The third kappa shape index (κ3) is 3.84. The molecule has 1 aliphatic carbocycles. The van der Waals surface area contributed by atoms with Gasteiger partial charge in [0.25, 0.3) is 0 Å². The van der Waals surface area contributed by atoms with Crippen molar-refractivity contribution in [2.45, 2.75) is 58.4 Å². The minimum absolute atomic E-state index is 0.552. The molecule has 0 saturated heterocycles. The zero-order valence-electron chi connectivity index (χ0n) is 11.9. The summed E-state index contributed by atoms with van der Waals surface area (Å²) in [6.45, 7) is 5.42. The Morgan fingerprint density at radius 2 is 1.83 bits per heavy atom. The second kappa shape index (κ2) is 6.94. The molecule has 1 aromatic carbocycles. The van der Waals surface area contributed by atoms with E-state index in [-0.39, 0.29) is 0 Å². The van der Waals surface area contributed by atoms with Crippen LogP contribution in [0.2, 0.25) is 0 Å². The van der Waals surface area contributed by atoms with Crippen LogP contribution in [0.15, 0.2) is 24.3 Å². The fourth-order valence-corrected chi connectivity index (χ4v) is 3.13. The summed E-state index contributed by atoms with van der Waals surface area (Å²) in [6.07, 6.45) is 8.54. The maximum Gasteiger partial charge on any atom is 0.0320 e. The Morgan fingerprint density at radius 3 is 2.44 bits per heavy atom. The lowest BCUT2D eigenvalue weighted by molar-refractivity contribution is 0.417. The molecule has 0 radical (unpaired) electrons. The summed E-state index contributed by atoms with van der Waals surface area (Å²) in [4.78, 5) is 0. The molecular weight excluding hydrogens is 218 g/mol. The van der Waals surface area contributed by atoms with Gasteiger partial charge in [0.15, 0.2) is 0 Å². The lowest BCUT2D eigenvalue weighted by atomic mass is 9.94. The number of nitrogens with one attached hydrogen (secondary N) is 1. The normalized spacial score (nSPS) is 18.1. The Hall–Kier alpha value is -0.820. The molecule has 1 unspecified atom stereocenters. The van der Waals surface area contributed by atoms with Gasteiger partial charge >= 0.3 is 0 Å². The van der Waals surface area contributed by atoms with Crippen LogP contribution in [0, 0.1) is 12.8 Å². The molecular formula is C17H27N. The van der Waals surface area contributed by atoms with Crippen molar-refractivity contribution in [3.63, 3.8) is 0 Å². The van der Waals surface area contributed by atoms with Crippen molar-refractivity contribution >= 4 is 0 Å². The third-order valence-electron chi connectivity index (χ3n) is 4.27. The smallest absolute Gasteiger partial charge is 0.0320 e. The van der Waals surface area contributed by atoms with Crippen LogP contribution in [-0.4, -0.2) is 6.54 Å². The largest absolute Gasteiger partial charge is 0.310 e. The van der Waals surface area contributed by atoms with Crippen molar-refractivity contribution in [3.8, 4) is 0 Å². The van der Waals surface area contributed by atoms with Gasteiger partial charge in [0.2, 0.25) is 0 Å². The molecule has 1 aliphatic rings. The van der Waals surface area contributed by atoms with Crippen LogP contribution in [0.3, 0.4) is 0 Å². The molecule has 0 amide bonds. The van der Waals surface area contributed by atoms with E-state index in [1.165, 1.54) is 49.7 Å². The fraction of sp³-hybridized carbons (Fsp3) is 0.647. The quantitative estimate of drug-likeness (QED) is 0.771. The minimum atomic E-state index is 0.552. The average molecular weight is 245 g/mol. The number of benzene rings is 1. The van der Waals surface area contributed by atoms with Gasteiger partial charge in [-0.25, -0.2) is 0 Å². The Kier molecular flexibility index (Phi) is 5.25. The molecule has 0 heterocycles. The van der Waals surface area contributed by atoms with E-state index < -0.39 is 0 Å². The topological polar surface area (TPSA) is 12.0 Å². The van der Waals surface area contributed by atoms with Crippen LogP contribution >= 0.6 is 0 Å². The van der Waals surface area contributed by atoms with Gasteiger partial charge in [-0.1, -0.05) is 62.4 Å². The Balaban J connectivity index is 1.91. The highest BCUT2D eigenvalue weighted by atomic mass is 14.9. The molecule has 0 spiro atoms. The van der Waals surface area contributed by atoms with Crippen LogP contribution in [0.25, 0.3) is 0 Å². The van der Waals surface area contributed by atoms with Gasteiger partial charge in [0.1, 0.15) is 0 Å². The van der Waals surface area contributed by atoms with Gasteiger partial charge < -0.3 is 5.32 Å². The third-order valence-corrected chi connectivity index (χ3v) is 4.27. The molecule has 1 nitrogen and oxygen atoms in total. The maximum absolute atomic E-state index is 3.64. The van der Waals surface area contributed by atoms with Gasteiger partial charge in [0.05, 0.1) is 0 Å². The summed E-state index contributed by atoms with van der Waals surface area (Å²) in [5.74, 6) is 0.997. The highest BCUT2D eigenvalue weighted by Gasteiger charge is 2.17. The summed E-state index contributed by atoms with van der Waals surface area (Å²) in [5.41, 5.74) is 2.81. The summed E-state index contributed by atoms with van der Waals surface area (Å²) < 4.78 is 0. The second-order valence-corrected chi connectivity index (χ2v) is 5.75. The molecule has 0 aliphatic heterocycles. The highest BCUT2D eigenvalue weighted by Crippen LogP contribution is 2.31. The molecule has 18 heavy (non-hydrogen) atoms. The molecule has 1 N–H and O–H groups in total. The molecule has 1 atom stereocenters. The zero-order valence-corrected chi connectivity index (χ0v) is 11.9. The van der Waals surface area contributed by atoms with Crippen molar-refractivity contribution in [2.75, 3.05) is 6.54 Å². The summed E-state index contributed by atoms with van der Waals surface area (Å²) in [7, 11) is 0. The first-order valence-corrected chi connectivity index (χ1v) is 7.59. The molecule has 1 saturated carbocycles. The predicted octanol–water partition coefficient (Wildman–Crippen LogP) is 4.62. The van der Waals surface area contributed by atoms with E-state index in [1.54, 1.807) is 0 Å². The Morgan fingerprint density at radius 1 is 1.17 bits per heavy atom. The van der Waals surface area contributed by atoms with Crippen molar-refractivity contribution in [3.05, 3.63) is 35.4 Å². The van der Waals surface area contributed by atoms with E-state index in [9.17, 15) is 0 Å². The fourth-order valence-electron chi connectivity index (χ4n) is 3.13. The van der Waals surface area contributed by atoms with Crippen LogP contribution in [0.4, 0.5) is 0 Å². The molecule has 1 fully saturated rings. The first-order valence-electron chi connectivity index (χ1n) is 7.59. The molecule has 1 aromatic rings. The first-order chi connectivity index (χ1) is 8.79. The molecule has 2 rings (SSSR count). The molecule has 0 bridgehead atoms. The average Bonchev–Trinajstić information content (AvgIpc) is 2.89. The van der Waals surface area contributed by atoms with Crippen LogP contribution in [0.1, 0.15) is 62.6 Å². The van der Waals surface area contributed by atoms with Crippen molar-refractivity contribution < 1.29 is 0 Å². The molecule has 0 aromatic heterocycles.